The lowest BCUT2D eigenvalue weighted by atomic mass is 10.0. The Labute approximate surface area is 152 Å². The van der Waals surface area contributed by atoms with Gasteiger partial charge in [0.2, 0.25) is 5.91 Å². The summed E-state index contributed by atoms with van der Waals surface area (Å²) >= 11 is 0. The molecule has 3 rings (SSSR count). The van der Waals surface area contributed by atoms with Gasteiger partial charge in [-0.1, -0.05) is 26.0 Å². The van der Waals surface area contributed by atoms with Gasteiger partial charge in [0, 0.05) is 18.4 Å². The number of fused-ring (bicyclic) bond motifs is 1. The topological polar surface area (TPSA) is 84.3 Å². The highest BCUT2D eigenvalue weighted by atomic mass is 16.2. The monoisotopic (exact) mass is 354 g/mol. The first-order chi connectivity index (χ1) is 12.4. The Balaban J connectivity index is 1.78. The summed E-state index contributed by atoms with van der Waals surface area (Å²) in [4.78, 5) is 39.4. The molecule has 1 aliphatic heterocycles. The fourth-order valence-electron chi connectivity index (χ4n) is 3.24. The molecule has 1 N–H and O–H groups in total. The Morgan fingerprint density at radius 1 is 1.08 bits per heavy atom. The summed E-state index contributed by atoms with van der Waals surface area (Å²) in [5, 5.41) is 7.02. The number of carbonyl (C=O) groups is 3. The molecule has 0 spiro atoms. The van der Waals surface area contributed by atoms with Crippen LogP contribution >= 0.6 is 0 Å². The zero-order valence-corrected chi connectivity index (χ0v) is 15.0. The number of amides is 3. The third-order valence-corrected chi connectivity index (χ3v) is 4.41. The minimum atomic E-state index is -0.859. The van der Waals surface area contributed by atoms with Crippen LogP contribution in [0.2, 0.25) is 0 Å². The highest BCUT2D eigenvalue weighted by molar-refractivity contribution is 6.22. The van der Waals surface area contributed by atoms with Gasteiger partial charge in [-0.15, -0.1) is 0 Å². The minimum Gasteiger partial charge on any atom is -0.350 e. The maximum atomic E-state index is 12.9. The highest BCUT2D eigenvalue weighted by Gasteiger charge is 2.44. The Kier molecular flexibility index (Phi) is 4.88. The summed E-state index contributed by atoms with van der Waals surface area (Å²) in [6, 6.07) is 7.41. The molecule has 2 atom stereocenters. The molecule has 1 aromatic carbocycles. The van der Waals surface area contributed by atoms with E-state index in [9.17, 15) is 14.4 Å². The minimum absolute atomic E-state index is 0.196. The van der Waals surface area contributed by atoms with E-state index in [1.165, 1.54) is 0 Å². The first-order valence-electron chi connectivity index (χ1n) is 8.65. The van der Waals surface area contributed by atoms with E-state index >= 15 is 0 Å². The lowest BCUT2D eigenvalue weighted by molar-refractivity contribution is -0.127. The van der Waals surface area contributed by atoms with Crippen molar-refractivity contribution in [2.45, 2.75) is 39.4 Å². The van der Waals surface area contributed by atoms with Crippen LogP contribution in [0.15, 0.2) is 42.7 Å². The number of rotatable bonds is 6. The molecule has 0 aliphatic carbocycles. The Bertz CT molecular complexity index is 794. The summed E-state index contributed by atoms with van der Waals surface area (Å²) in [5.41, 5.74) is 0.695. The molecular weight excluding hydrogens is 332 g/mol. The van der Waals surface area contributed by atoms with E-state index in [1.54, 1.807) is 35.1 Å². The van der Waals surface area contributed by atoms with Crippen LogP contribution in [0.25, 0.3) is 0 Å². The first-order valence-corrected chi connectivity index (χ1v) is 8.65. The van der Waals surface area contributed by atoms with Gasteiger partial charge in [0.1, 0.15) is 6.04 Å². The number of hydrogen-bond acceptors (Lipinski definition) is 4. The van der Waals surface area contributed by atoms with Gasteiger partial charge in [0.25, 0.3) is 11.8 Å². The summed E-state index contributed by atoms with van der Waals surface area (Å²) < 4.78 is 1.72. The Morgan fingerprint density at radius 2 is 1.69 bits per heavy atom. The molecule has 0 saturated carbocycles. The van der Waals surface area contributed by atoms with Crippen molar-refractivity contribution in [2.24, 2.45) is 5.92 Å². The number of nitrogens with zero attached hydrogens (tertiary/aromatic N) is 3. The molecule has 0 bridgehead atoms. The Hall–Kier alpha value is -2.96. The second kappa shape index (κ2) is 7.11. The van der Waals surface area contributed by atoms with Gasteiger partial charge in [-0.2, -0.15) is 5.10 Å². The number of nitrogens with one attached hydrogen (secondary N) is 1. The van der Waals surface area contributed by atoms with Crippen LogP contribution in [0, 0.1) is 5.92 Å². The number of carbonyl (C=O) groups excluding carboxylic acids is 3. The molecule has 2 heterocycles. The first kappa shape index (κ1) is 17.8. The predicted molar refractivity (Wildman–Crippen MR) is 95.4 cm³/mol. The molecule has 2 aromatic rings. The van der Waals surface area contributed by atoms with E-state index in [4.69, 9.17) is 0 Å². The largest absolute Gasteiger partial charge is 0.350 e. The fourth-order valence-corrected chi connectivity index (χ4v) is 3.24. The number of benzene rings is 1. The summed E-state index contributed by atoms with van der Waals surface area (Å²) in [6.07, 6.45) is 3.48. The zero-order chi connectivity index (χ0) is 18.8. The van der Waals surface area contributed by atoms with Gasteiger partial charge in [-0.25, -0.2) is 0 Å². The van der Waals surface area contributed by atoms with Crippen molar-refractivity contribution in [3.8, 4) is 0 Å². The summed E-state index contributed by atoms with van der Waals surface area (Å²) in [6.45, 7) is 6.02. The second-order valence-corrected chi connectivity index (χ2v) is 6.85. The van der Waals surface area contributed by atoms with E-state index in [2.05, 4.69) is 10.4 Å². The molecule has 136 valence electrons. The van der Waals surface area contributed by atoms with Crippen LogP contribution < -0.4 is 5.32 Å². The molecule has 26 heavy (non-hydrogen) atoms. The third kappa shape index (κ3) is 3.24. The average Bonchev–Trinajstić information content (AvgIpc) is 3.17. The smallest absolute Gasteiger partial charge is 0.262 e. The molecule has 0 radical (unpaired) electrons. The van der Waals surface area contributed by atoms with Gasteiger partial charge in [0.15, 0.2) is 0 Å². The van der Waals surface area contributed by atoms with Crippen molar-refractivity contribution < 1.29 is 14.4 Å². The maximum Gasteiger partial charge on any atom is 0.262 e. The van der Waals surface area contributed by atoms with Crippen molar-refractivity contribution >= 4 is 17.7 Å². The predicted octanol–water partition coefficient (Wildman–Crippen LogP) is 1.71. The quantitative estimate of drug-likeness (QED) is 0.801. The van der Waals surface area contributed by atoms with Gasteiger partial charge in [-0.3, -0.25) is 24.0 Å². The van der Waals surface area contributed by atoms with Crippen molar-refractivity contribution in [1.82, 2.24) is 20.0 Å². The lowest BCUT2D eigenvalue weighted by Gasteiger charge is -2.29. The van der Waals surface area contributed by atoms with Crippen LogP contribution in [-0.4, -0.2) is 44.5 Å². The molecule has 0 unspecified atom stereocenters. The molecule has 7 nitrogen and oxygen atoms in total. The summed E-state index contributed by atoms with van der Waals surface area (Å²) in [5.74, 6) is -1.39. The summed E-state index contributed by atoms with van der Waals surface area (Å²) in [7, 11) is 0. The Morgan fingerprint density at radius 3 is 2.19 bits per heavy atom. The van der Waals surface area contributed by atoms with Crippen molar-refractivity contribution in [3.05, 3.63) is 53.9 Å². The molecule has 0 fully saturated rings. The normalized spacial score (nSPS) is 15.9. The van der Waals surface area contributed by atoms with E-state index in [1.807, 2.05) is 33.0 Å². The number of imide groups is 1. The van der Waals surface area contributed by atoms with Gasteiger partial charge in [-0.05, 0) is 31.0 Å². The van der Waals surface area contributed by atoms with E-state index < -0.39 is 17.9 Å². The fraction of sp³-hybridized carbons (Fsp3) is 0.368. The molecule has 0 saturated heterocycles. The van der Waals surface area contributed by atoms with Crippen molar-refractivity contribution in [3.63, 3.8) is 0 Å². The van der Waals surface area contributed by atoms with Gasteiger partial charge in [0.05, 0.1) is 17.7 Å². The van der Waals surface area contributed by atoms with Gasteiger partial charge >= 0.3 is 0 Å². The average molecular weight is 354 g/mol. The zero-order valence-electron chi connectivity index (χ0n) is 15.0. The van der Waals surface area contributed by atoms with Crippen LogP contribution in [0.3, 0.4) is 0 Å². The van der Waals surface area contributed by atoms with E-state index in [-0.39, 0.29) is 17.9 Å². The van der Waals surface area contributed by atoms with Gasteiger partial charge < -0.3 is 5.32 Å². The van der Waals surface area contributed by atoms with E-state index in [0.29, 0.717) is 17.7 Å². The second-order valence-electron chi connectivity index (χ2n) is 6.85. The van der Waals surface area contributed by atoms with Crippen LogP contribution in [0.1, 0.15) is 41.5 Å². The molecule has 7 heteroatoms. The van der Waals surface area contributed by atoms with Crippen molar-refractivity contribution in [2.75, 3.05) is 0 Å². The lowest BCUT2D eigenvalue weighted by Crippen LogP contribution is -2.54. The van der Waals surface area contributed by atoms with Crippen molar-refractivity contribution in [1.29, 1.82) is 0 Å². The van der Waals surface area contributed by atoms with Crippen LogP contribution in [-0.2, 0) is 11.3 Å². The molecule has 1 aromatic heterocycles. The van der Waals surface area contributed by atoms with Crippen LogP contribution in [0.5, 0.6) is 0 Å². The molecule has 3 amide bonds. The standard InChI is InChI=1S/C19H22N4O3/c1-12(2)16(17(24)21-13(3)11-22-10-6-9-20-22)23-18(25)14-7-4-5-8-15(14)19(23)26/h4-10,12-13,16H,11H2,1-3H3,(H,21,24)/t13-,16+/m1/s1. The van der Waals surface area contributed by atoms with E-state index in [0.717, 1.165) is 4.90 Å². The molecular formula is C19H22N4O3. The SMILES string of the molecule is CC(C)[C@@H](C(=O)N[C@H](C)Cn1cccn1)N1C(=O)c2ccccc2C1=O. The van der Waals surface area contributed by atoms with Crippen LogP contribution in [0.4, 0.5) is 0 Å². The number of hydrogen-bond donors (Lipinski definition) is 1. The maximum absolute atomic E-state index is 12.9. The highest BCUT2D eigenvalue weighted by Crippen LogP contribution is 2.27. The molecule has 1 aliphatic rings. The third-order valence-electron chi connectivity index (χ3n) is 4.41. The number of aromatic nitrogens is 2.